The number of Topliss-reactive ketones (excluding diaryl/α,β-unsaturated/α-hetero) is 1. The molecule has 1 unspecified atom stereocenters. The maximum Gasteiger partial charge on any atom is 0.224 e. The summed E-state index contributed by atoms with van der Waals surface area (Å²) in [5.74, 6) is 0.190. The van der Waals surface area contributed by atoms with E-state index in [2.05, 4.69) is 30.9 Å². The number of anilines is 1. The molecule has 0 aliphatic carbocycles. The average Bonchev–Trinajstić information content (AvgIpc) is 3.47. The van der Waals surface area contributed by atoms with E-state index >= 15 is 0 Å². The highest BCUT2D eigenvalue weighted by molar-refractivity contribution is 6.09. The lowest BCUT2D eigenvalue weighted by molar-refractivity contribution is 0.102. The lowest BCUT2D eigenvalue weighted by Crippen LogP contribution is -2.26. The van der Waals surface area contributed by atoms with Crippen molar-refractivity contribution in [1.82, 2.24) is 15.0 Å². The van der Waals surface area contributed by atoms with Gasteiger partial charge in [0.15, 0.2) is 5.82 Å². The maximum absolute atomic E-state index is 12.9. The number of benzene rings is 2. The van der Waals surface area contributed by atoms with Gasteiger partial charge in [0.05, 0.1) is 17.6 Å². The minimum absolute atomic E-state index is 0.144. The Morgan fingerprint density at radius 2 is 2.15 bits per heavy atom. The number of aromatic amines is 1. The zero-order chi connectivity index (χ0) is 22.8. The van der Waals surface area contributed by atoms with Gasteiger partial charge in [-0.05, 0) is 48.6 Å². The Bertz CT molecular complexity index is 1380. The molecule has 0 spiro atoms. The van der Waals surface area contributed by atoms with E-state index in [0.717, 1.165) is 52.6 Å². The number of nitrogens with two attached hydrogens (primary N) is 1. The Labute approximate surface area is 192 Å². The summed E-state index contributed by atoms with van der Waals surface area (Å²) in [7, 11) is 0. The lowest BCUT2D eigenvalue weighted by atomic mass is 10.1. The quantitative estimate of drug-likeness (QED) is 0.269. The number of aromatic nitrogens is 3. The molecule has 5 rings (SSSR count). The highest BCUT2D eigenvalue weighted by atomic mass is 16.1. The van der Waals surface area contributed by atoms with Crippen LogP contribution in [-0.4, -0.2) is 46.1 Å². The minimum Gasteiger partial charge on any atom is -0.370 e. The first-order valence-corrected chi connectivity index (χ1v) is 11.1. The van der Waals surface area contributed by atoms with Crippen molar-refractivity contribution in [1.29, 1.82) is 0 Å². The van der Waals surface area contributed by atoms with E-state index in [1.165, 1.54) is 0 Å². The number of hydrogen-bond acceptors (Lipinski definition) is 6. The summed E-state index contributed by atoms with van der Waals surface area (Å²) >= 11 is 0. The Morgan fingerprint density at radius 3 is 3.00 bits per heavy atom. The van der Waals surface area contributed by atoms with Gasteiger partial charge in [-0.25, -0.2) is 4.98 Å². The van der Waals surface area contributed by atoms with Gasteiger partial charge in [0.25, 0.3) is 0 Å². The molecule has 0 bridgehead atoms. The SMILES string of the molecule is C/C(=C\C=N/Cc1cncc2ccccc12)C(=O)c1nc2cc(N3CCC(N)C3)ccc2[nH]1. The number of allylic oxidation sites excluding steroid dienone is 2. The normalized spacial score (nSPS) is 17.0. The third-order valence-corrected chi connectivity index (χ3v) is 6.07. The number of fused-ring (bicyclic) bond motifs is 2. The number of nitrogens with one attached hydrogen (secondary N) is 1. The molecule has 33 heavy (non-hydrogen) atoms. The second-order valence-corrected chi connectivity index (χ2v) is 8.47. The third kappa shape index (κ3) is 4.40. The number of nitrogens with zero attached hydrogens (tertiary/aromatic N) is 4. The van der Waals surface area contributed by atoms with Crippen LogP contribution < -0.4 is 10.6 Å². The van der Waals surface area contributed by atoms with E-state index < -0.39 is 0 Å². The molecule has 1 fully saturated rings. The van der Waals surface area contributed by atoms with E-state index in [1.54, 1.807) is 19.2 Å². The topological polar surface area (TPSA) is 100 Å². The molecule has 0 saturated carbocycles. The molecular weight excluding hydrogens is 412 g/mol. The van der Waals surface area contributed by atoms with Gasteiger partial charge in [0, 0.05) is 54.4 Å². The number of carbonyl (C=O) groups is 1. The lowest BCUT2D eigenvalue weighted by Gasteiger charge is -2.17. The Morgan fingerprint density at radius 1 is 1.27 bits per heavy atom. The van der Waals surface area contributed by atoms with Gasteiger partial charge in [0.2, 0.25) is 5.78 Å². The van der Waals surface area contributed by atoms with Gasteiger partial charge in [-0.1, -0.05) is 24.3 Å². The molecule has 1 saturated heterocycles. The first-order chi connectivity index (χ1) is 16.1. The molecule has 0 radical (unpaired) electrons. The fourth-order valence-corrected chi connectivity index (χ4v) is 4.20. The van der Waals surface area contributed by atoms with Gasteiger partial charge >= 0.3 is 0 Å². The first kappa shape index (κ1) is 21.0. The zero-order valence-corrected chi connectivity index (χ0v) is 18.5. The molecule has 4 aromatic rings. The predicted molar refractivity (Wildman–Crippen MR) is 133 cm³/mol. The molecule has 1 aliphatic heterocycles. The highest BCUT2D eigenvalue weighted by Crippen LogP contribution is 2.24. The van der Waals surface area contributed by atoms with Crippen molar-refractivity contribution in [2.75, 3.05) is 18.0 Å². The van der Waals surface area contributed by atoms with Crippen molar-refractivity contribution in [2.24, 2.45) is 10.7 Å². The van der Waals surface area contributed by atoms with E-state index in [4.69, 9.17) is 5.73 Å². The van der Waals surface area contributed by atoms with Crippen molar-refractivity contribution in [3.63, 3.8) is 0 Å². The second kappa shape index (κ2) is 8.96. The van der Waals surface area contributed by atoms with Gasteiger partial charge in [-0.15, -0.1) is 0 Å². The summed E-state index contributed by atoms with van der Waals surface area (Å²) in [6.07, 6.45) is 8.07. The van der Waals surface area contributed by atoms with E-state index in [-0.39, 0.29) is 11.8 Å². The van der Waals surface area contributed by atoms with Crippen LogP contribution in [0.15, 0.2) is 71.5 Å². The predicted octanol–water partition coefficient (Wildman–Crippen LogP) is 4.05. The van der Waals surface area contributed by atoms with Crippen molar-refractivity contribution in [2.45, 2.75) is 25.9 Å². The first-order valence-electron chi connectivity index (χ1n) is 11.1. The van der Waals surface area contributed by atoms with Crippen LogP contribution >= 0.6 is 0 Å². The maximum atomic E-state index is 12.9. The fraction of sp³-hybridized carbons (Fsp3) is 0.231. The molecular formula is C26H26N6O. The Hall–Kier alpha value is -3.84. The molecule has 1 aliphatic rings. The standard InChI is InChI=1S/C26H26N6O/c1-17(8-10-28-14-19-15-29-13-18-4-2-3-5-22(18)19)25(33)26-30-23-7-6-21(12-24(23)31-26)32-11-9-20(27)16-32/h2-8,10,12-13,15,20H,9,11,14,16,27H2,1H3,(H,30,31)/b17-8+,28-10-. The van der Waals surface area contributed by atoms with E-state index in [9.17, 15) is 4.79 Å². The fourth-order valence-electron chi connectivity index (χ4n) is 4.20. The molecule has 7 heteroatoms. The third-order valence-electron chi connectivity index (χ3n) is 6.07. The van der Waals surface area contributed by atoms with Crippen LogP contribution in [0.5, 0.6) is 0 Å². The summed E-state index contributed by atoms with van der Waals surface area (Å²) < 4.78 is 0. The number of rotatable bonds is 6. The molecule has 3 N–H and O–H groups in total. The Kier molecular flexibility index (Phi) is 5.71. The van der Waals surface area contributed by atoms with Crippen molar-refractivity contribution < 1.29 is 4.79 Å². The molecule has 7 nitrogen and oxygen atoms in total. The molecule has 2 aromatic carbocycles. The number of pyridine rings is 1. The zero-order valence-electron chi connectivity index (χ0n) is 18.5. The number of carbonyl (C=O) groups excluding carboxylic acids is 1. The van der Waals surface area contributed by atoms with Crippen LogP contribution in [0.25, 0.3) is 21.8 Å². The summed E-state index contributed by atoms with van der Waals surface area (Å²) in [5, 5.41) is 2.23. The van der Waals surface area contributed by atoms with Gasteiger partial charge in [-0.3, -0.25) is 14.8 Å². The summed E-state index contributed by atoms with van der Waals surface area (Å²) in [6, 6.07) is 14.3. The van der Waals surface area contributed by atoms with Gasteiger partial charge in [0.1, 0.15) is 0 Å². The van der Waals surface area contributed by atoms with Crippen LogP contribution in [0.3, 0.4) is 0 Å². The summed E-state index contributed by atoms with van der Waals surface area (Å²) in [4.78, 5) is 31.6. The van der Waals surface area contributed by atoms with Gasteiger partial charge in [-0.2, -0.15) is 0 Å². The second-order valence-electron chi connectivity index (χ2n) is 8.47. The monoisotopic (exact) mass is 438 g/mol. The smallest absolute Gasteiger partial charge is 0.224 e. The molecule has 2 aromatic heterocycles. The van der Waals surface area contributed by atoms with Crippen LogP contribution in [0.1, 0.15) is 29.5 Å². The number of aliphatic imine (C=N–C) groups is 1. The molecule has 0 amide bonds. The van der Waals surface area contributed by atoms with Crippen molar-refractivity contribution in [3.8, 4) is 0 Å². The molecule has 3 heterocycles. The van der Waals surface area contributed by atoms with Gasteiger partial charge < -0.3 is 15.6 Å². The highest BCUT2D eigenvalue weighted by Gasteiger charge is 2.20. The van der Waals surface area contributed by atoms with Crippen LogP contribution in [-0.2, 0) is 6.54 Å². The van der Waals surface area contributed by atoms with E-state index in [1.807, 2.05) is 48.8 Å². The van der Waals surface area contributed by atoms with Crippen molar-refractivity contribution in [3.05, 3.63) is 77.9 Å². The number of ketones is 1. The van der Waals surface area contributed by atoms with Crippen LogP contribution in [0.2, 0.25) is 0 Å². The number of H-pyrrole nitrogens is 1. The summed E-state index contributed by atoms with van der Waals surface area (Å²) in [5.41, 5.74) is 10.4. The van der Waals surface area contributed by atoms with Crippen LogP contribution in [0, 0.1) is 0 Å². The number of imidazole rings is 1. The minimum atomic E-state index is -0.144. The molecule has 1 atom stereocenters. The largest absolute Gasteiger partial charge is 0.370 e. The van der Waals surface area contributed by atoms with Crippen LogP contribution in [0.4, 0.5) is 5.69 Å². The molecule has 166 valence electrons. The Balaban J connectivity index is 1.29. The summed E-state index contributed by atoms with van der Waals surface area (Å²) in [6.45, 7) is 4.06. The number of hydrogen-bond donors (Lipinski definition) is 2. The average molecular weight is 439 g/mol. The van der Waals surface area contributed by atoms with E-state index in [0.29, 0.717) is 17.9 Å². The van der Waals surface area contributed by atoms with Crippen molar-refractivity contribution >= 4 is 39.5 Å².